The molecule has 1 aromatic rings. The smallest absolute Gasteiger partial charge is 0.161 e. The van der Waals surface area contributed by atoms with Gasteiger partial charge in [0.1, 0.15) is 11.8 Å². The standard InChI is InChI=1S/C11H9NO3/c1-7(14)8-3-4-11(15-2)10(6-13)9(8)5-12/h3-4,6H,1-2H3. The molecule has 0 bridgehead atoms. The Morgan fingerprint density at radius 1 is 1.53 bits per heavy atom. The van der Waals surface area contributed by atoms with Gasteiger partial charge < -0.3 is 4.74 Å². The van der Waals surface area contributed by atoms with Gasteiger partial charge in [0, 0.05) is 5.56 Å². The molecule has 0 N–H and O–H groups in total. The number of benzene rings is 1. The molecule has 4 heteroatoms. The van der Waals surface area contributed by atoms with Crippen molar-refractivity contribution in [3.05, 3.63) is 28.8 Å². The maximum atomic E-state index is 11.2. The Balaban J connectivity index is 3.57. The first-order chi connectivity index (χ1) is 7.15. The van der Waals surface area contributed by atoms with Crippen molar-refractivity contribution in [3.63, 3.8) is 0 Å². The predicted molar refractivity (Wildman–Crippen MR) is 53.1 cm³/mol. The van der Waals surface area contributed by atoms with Crippen molar-refractivity contribution in [3.8, 4) is 11.8 Å². The molecule has 76 valence electrons. The number of methoxy groups -OCH3 is 1. The van der Waals surface area contributed by atoms with Gasteiger partial charge in [-0.15, -0.1) is 0 Å². The van der Waals surface area contributed by atoms with Crippen LogP contribution in [0.4, 0.5) is 0 Å². The van der Waals surface area contributed by atoms with Gasteiger partial charge in [0.25, 0.3) is 0 Å². The number of nitrogens with zero attached hydrogens (tertiary/aromatic N) is 1. The number of ketones is 1. The molecule has 0 atom stereocenters. The summed E-state index contributed by atoms with van der Waals surface area (Å²) in [5.74, 6) is 0.0452. The van der Waals surface area contributed by atoms with Gasteiger partial charge in [-0.2, -0.15) is 5.26 Å². The third-order valence-corrected chi connectivity index (χ3v) is 2.03. The third-order valence-electron chi connectivity index (χ3n) is 2.03. The minimum Gasteiger partial charge on any atom is -0.496 e. The van der Waals surface area contributed by atoms with E-state index in [2.05, 4.69) is 0 Å². The van der Waals surface area contributed by atoms with E-state index in [9.17, 15) is 9.59 Å². The number of aldehydes is 1. The van der Waals surface area contributed by atoms with Gasteiger partial charge in [-0.05, 0) is 19.1 Å². The van der Waals surface area contributed by atoms with Crippen molar-refractivity contribution in [2.75, 3.05) is 7.11 Å². The summed E-state index contributed by atoms with van der Waals surface area (Å²) < 4.78 is 4.92. The van der Waals surface area contributed by atoms with E-state index in [1.54, 1.807) is 0 Å². The van der Waals surface area contributed by atoms with Crippen LogP contribution >= 0.6 is 0 Å². The Bertz CT molecular complexity index is 458. The van der Waals surface area contributed by atoms with Crippen molar-refractivity contribution in [2.45, 2.75) is 6.92 Å². The highest BCUT2D eigenvalue weighted by Crippen LogP contribution is 2.23. The first-order valence-electron chi connectivity index (χ1n) is 4.23. The zero-order valence-corrected chi connectivity index (χ0v) is 8.40. The second-order valence-corrected chi connectivity index (χ2v) is 2.89. The maximum absolute atomic E-state index is 11.2. The lowest BCUT2D eigenvalue weighted by Crippen LogP contribution is -2.02. The van der Waals surface area contributed by atoms with Crippen LogP contribution in [-0.4, -0.2) is 19.2 Å². The van der Waals surface area contributed by atoms with E-state index in [4.69, 9.17) is 10.00 Å². The van der Waals surface area contributed by atoms with Crippen LogP contribution in [0.1, 0.15) is 33.2 Å². The van der Waals surface area contributed by atoms with Crippen molar-refractivity contribution in [1.29, 1.82) is 5.26 Å². The predicted octanol–water partition coefficient (Wildman–Crippen LogP) is 1.58. The molecule has 1 rings (SSSR count). The van der Waals surface area contributed by atoms with Gasteiger partial charge in [-0.3, -0.25) is 9.59 Å². The molecular weight excluding hydrogens is 194 g/mol. The van der Waals surface area contributed by atoms with E-state index < -0.39 is 0 Å². The van der Waals surface area contributed by atoms with E-state index in [1.807, 2.05) is 6.07 Å². The van der Waals surface area contributed by atoms with Gasteiger partial charge in [0.05, 0.1) is 18.2 Å². The van der Waals surface area contributed by atoms with Crippen LogP contribution in [0.15, 0.2) is 12.1 Å². The Morgan fingerprint density at radius 3 is 2.60 bits per heavy atom. The molecule has 0 aliphatic heterocycles. The van der Waals surface area contributed by atoms with Gasteiger partial charge in [-0.1, -0.05) is 0 Å². The first kappa shape index (κ1) is 10.9. The van der Waals surface area contributed by atoms with Crippen LogP contribution in [0.25, 0.3) is 0 Å². The van der Waals surface area contributed by atoms with E-state index >= 15 is 0 Å². The molecule has 0 aliphatic carbocycles. The Labute approximate surface area is 87.1 Å². The summed E-state index contributed by atoms with van der Waals surface area (Å²) in [7, 11) is 1.40. The first-order valence-corrected chi connectivity index (χ1v) is 4.23. The zero-order valence-electron chi connectivity index (χ0n) is 8.40. The highest BCUT2D eigenvalue weighted by atomic mass is 16.5. The van der Waals surface area contributed by atoms with E-state index in [0.717, 1.165) is 0 Å². The molecule has 0 spiro atoms. The van der Waals surface area contributed by atoms with E-state index in [1.165, 1.54) is 26.2 Å². The molecule has 0 fully saturated rings. The molecule has 4 nitrogen and oxygen atoms in total. The molecule has 0 saturated carbocycles. The molecule has 0 aromatic heterocycles. The van der Waals surface area contributed by atoms with Crippen LogP contribution < -0.4 is 4.74 Å². The van der Waals surface area contributed by atoms with Crippen LogP contribution in [0.3, 0.4) is 0 Å². The molecule has 0 saturated heterocycles. The van der Waals surface area contributed by atoms with Crippen LogP contribution in [0.2, 0.25) is 0 Å². The fourth-order valence-corrected chi connectivity index (χ4v) is 1.31. The zero-order chi connectivity index (χ0) is 11.4. The molecule has 0 radical (unpaired) electrons. The number of hydrogen-bond acceptors (Lipinski definition) is 4. The molecule has 0 unspecified atom stereocenters. The summed E-state index contributed by atoms with van der Waals surface area (Å²) >= 11 is 0. The van der Waals surface area contributed by atoms with Crippen LogP contribution in [-0.2, 0) is 0 Å². The Hall–Kier alpha value is -2.15. The number of hydrogen-bond donors (Lipinski definition) is 0. The summed E-state index contributed by atoms with van der Waals surface area (Å²) in [5.41, 5.74) is 0.421. The number of carbonyl (C=O) groups is 2. The van der Waals surface area contributed by atoms with Crippen molar-refractivity contribution < 1.29 is 14.3 Å². The lowest BCUT2D eigenvalue weighted by molar-refractivity contribution is 0.101. The topological polar surface area (TPSA) is 67.2 Å². The normalized spacial score (nSPS) is 9.13. The minimum atomic E-state index is -0.252. The van der Waals surface area contributed by atoms with E-state index in [0.29, 0.717) is 12.0 Å². The maximum Gasteiger partial charge on any atom is 0.161 e. The van der Waals surface area contributed by atoms with Crippen molar-refractivity contribution in [2.24, 2.45) is 0 Å². The average molecular weight is 203 g/mol. The van der Waals surface area contributed by atoms with E-state index in [-0.39, 0.29) is 22.5 Å². The molecule has 15 heavy (non-hydrogen) atoms. The number of nitriles is 1. The number of Topliss-reactive ketones (excluding diaryl/α,β-unsaturated/α-hetero) is 1. The number of ether oxygens (including phenoxy) is 1. The third kappa shape index (κ3) is 1.86. The average Bonchev–Trinajstić information content (AvgIpc) is 2.26. The minimum absolute atomic E-state index is 0.0665. The Kier molecular flexibility index (Phi) is 3.19. The highest BCUT2D eigenvalue weighted by Gasteiger charge is 2.15. The summed E-state index contributed by atoms with van der Waals surface area (Å²) in [5, 5.41) is 8.88. The highest BCUT2D eigenvalue weighted by molar-refractivity contribution is 6.00. The Morgan fingerprint density at radius 2 is 2.20 bits per heavy atom. The summed E-state index contributed by atoms with van der Waals surface area (Å²) in [6, 6.07) is 4.82. The summed E-state index contributed by atoms with van der Waals surface area (Å²) in [4.78, 5) is 22.0. The lowest BCUT2D eigenvalue weighted by Gasteiger charge is -2.07. The molecule has 0 heterocycles. The van der Waals surface area contributed by atoms with Crippen LogP contribution in [0, 0.1) is 11.3 Å². The number of rotatable bonds is 3. The van der Waals surface area contributed by atoms with Gasteiger partial charge in [0.2, 0.25) is 0 Å². The lowest BCUT2D eigenvalue weighted by atomic mass is 9.99. The van der Waals surface area contributed by atoms with Gasteiger partial charge in [-0.25, -0.2) is 0 Å². The largest absolute Gasteiger partial charge is 0.496 e. The SMILES string of the molecule is COc1ccc(C(C)=O)c(C#N)c1C=O. The summed E-state index contributed by atoms with van der Waals surface area (Å²) in [6.45, 7) is 1.34. The second kappa shape index (κ2) is 4.38. The molecule has 0 amide bonds. The quantitative estimate of drug-likeness (QED) is 0.552. The summed E-state index contributed by atoms with van der Waals surface area (Å²) in [6.07, 6.45) is 0.518. The second-order valence-electron chi connectivity index (χ2n) is 2.89. The fourth-order valence-electron chi connectivity index (χ4n) is 1.31. The molecule has 1 aromatic carbocycles. The number of carbonyl (C=O) groups excluding carboxylic acids is 2. The van der Waals surface area contributed by atoms with Crippen molar-refractivity contribution in [1.82, 2.24) is 0 Å². The van der Waals surface area contributed by atoms with Gasteiger partial charge >= 0.3 is 0 Å². The van der Waals surface area contributed by atoms with Crippen molar-refractivity contribution >= 4 is 12.1 Å². The van der Waals surface area contributed by atoms with Crippen LogP contribution in [0.5, 0.6) is 5.75 Å². The molecular formula is C11H9NO3. The molecule has 0 aliphatic rings. The van der Waals surface area contributed by atoms with Gasteiger partial charge in [0.15, 0.2) is 12.1 Å². The monoisotopic (exact) mass is 203 g/mol. The fraction of sp³-hybridized carbons (Fsp3) is 0.182.